The topological polar surface area (TPSA) is 110 Å². The molecule has 0 aliphatic rings. The Morgan fingerprint density at radius 3 is 1.70 bits per heavy atom. The molecule has 0 aromatic carbocycles. The van der Waals surface area contributed by atoms with E-state index in [1.54, 1.807) is 6.47 Å². The summed E-state index contributed by atoms with van der Waals surface area (Å²) in [6, 6.07) is 0. The fourth-order valence-electron chi connectivity index (χ4n) is 0.245. The zero-order valence-electron chi connectivity index (χ0n) is 4.73. The van der Waals surface area contributed by atoms with Crippen LogP contribution in [0.25, 0.3) is 0 Å². The van der Waals surface area contributed by atoms with Crippen LogP contribution in [0.1, 0.15) is 0 Å². The molecule has 0 fully saturated rings. The van der Waals surface area contributed by atoms with Crippen LogP contribution in [-0.4, -0.2) is 36.9 Å². The second kappa shape index (κ2) is 4.08. The summed E-state index contributed by atoms with van der Waals surface area (Å²) in [5, 5.41) is 17.6. The molecule has 0 bridgehead atoms. The van der Waals surface area contributed by atoms with Gasteiger partial charge >= 0.3 is 63.6 Å². The number of hydrogen-bond donors (Lipinski definition) is 2. The normalized spacial score (nSPS) is 8.00. The third-order valence-corrected chi connectivity index (χ3v) is 3.97. The molecule has 0 saturated heterocycles. The molecule has 0 radical (unpaired) electrons. The first-order valence-corrected chi connectivity index (χ1v) is 8.67. The van der Waals surface area contributed by atoms with Crippen molar-refractivity contribution in [2.75, 3.05) is 0 Å². The predicted octanol–water partition coefficient (Wildman–Crippen LogP) is -1.95. The maximum atomic E-state index is 9.64. The summed E-state index contributed by atoms with van der Waals surface area (Å²) in [6.45, 7) is 0. The Labute approximate surface area is 63.9 Å². The molecule has 0 aromatic heterocycles. The fourth-order valence-corrected chi connectivity index (χ4v) is 2.15. The molecule has 10 heavy (non-hydrogen) atoms. The van der Waals surface area contributed by atoms with Crippen LogP contribution < -0.4 is 6.47 Å². The molecule has 0 atom stereocenters. The zero-order valence-corrected chi connectivity index (χ0v) is 8.62. The first-order valence-electron chi connectivity index (χ1n) is 2.03. The van der Waals surface area contributed by atoms with Crippen LogP contribution in [0.5, 0.6) is 0 Å². The van der Waals surface area contributed by atoms with Gasteiger partial charge in [0.1, 0.15) is 0 Å². The van der Waals surface area contributed by atoms with E-state index in [1.807, 2.05) is 0 Å². The van der Waals surface area contributed by atoms with Crippen molar-refractivity contribution in [3.8, 4) is 0 Å². The van der Waals surface area contributed by atoms with E-state index >= 15 is 0 Å². The maximum absolute atomic E-state index is 9.64. The van der Waals surface area contributed by atoms with Gasteiger partial charge in [-0.3, -0.25) is 0 Å². The molecular formula is CH4N4O4Pb. The molecule has 0 aliphatic heterocycles. The first kappa shape index (κ1) is 9.19. The molecule has 2 N–H and O–H groups in total. The van der Waals surface area contributed by atoms with Crippen molar-refractivity contribution in [2.24, 2.45) is 0 Å². The van der Waals surface area contributed by atoms with Crippen molar-refractivity contribution < 1.29 is 10.1 Å². The Morgan fingerprint density at radius 1 is 1.20 bits per heavy atom. The van der Waals surface area contributed by atoms with Gasteiger partial charge in [-0.25, -0.2) is 0 Å². The van der Waals surface area contributed by atoms with Gasteiger partial charge in [-0.1, -0.05) is 0 Å². The molecule has 9 heteroatoms. The number of rotatable bonds is 4. The molecule has 0 aromatic rings. The van der Waals surface area contributed by atoms with E-state index in [9.17, 15) is 20.2 Å². The van der Waals surface area contributed by atoms with Gasteiger partial charge in [-0.05, 0) is 0 Å². The van der Waals surface area contributed by atoms with Crippen molar-refractivity contribution >= 4 is 26.9 Å². The molecule has 0 spiro atoms. The van der Waals surface area contributed by atoms with Crippen LogP contribution in [-0.2, 0) is 0 Å². The second-order valence-corrected chi connectivity index (χ2v) is 6.68. The van der Waals surface area contributed by atoms with E-state index in [0.29, 0.717) is 0 Å². The summed E-state index contributed by atoms with van der Waals surface area (Å²) < 4.78 is 6.72. The number of hydrazine groups is 2. The van der Waals surface area contributed by atoms with Crippen molar-refractivity contribution in [2.45, 2.75) is 0 Å². The van der Waals surface area contributed by atoms with Gasteiger partial charge in [0.25, 0.3) is 0 Å². The van der Waals surface area contributed by atoms with Crippen LogP contribution in [0.2, 0.25) is 0 Å². The molecule has 0 saturated carbocycles. The number of nitrogens with zero attached hydrogens (tertiary/aromatic N) is 2. The van der Waals surface area contributed by atoms with Crippen LogP contribution in [0.15, 0.2) is 0 Å². The van der Waals surface area contributed by atoms with Crippen molar-refractivity contribution in [1.29, 1.82) is 0 Å². The minimum absolute atomic E-state index is 0.828. The number of hydrogen-bond acceptors (Lipinski definition) is 4. The van der Waals surface area contributed by atoms with E-state index in [-0.39, 0.29) is 0 Å². The summed E-state index contributed by atoms with van der Waals surface area (Å²) in [7, 11) is 0. The van der Waals surface area contributed by atoms with Gasteiger partial charge in [-0.15, -0.1) is 0 Å². The summed E-state index contributed by atoms with van der Waals surface area (Å²) in [5.41, 5.74) is 0. The van der Waals surface area contributed by atoms with Crippen LogP contribution in [0.3, 0.4) is 0 Å². The Kier molecular flexibility index (Phi) is 3.75. The molecular weight excluding hydrogens is 339 g/mol. The Hall–Kier alpha value is -0.808. The van der Waals surface area contributed by atoms with E-state index < -0.39 is 32.9 Å². The Morgan fingerprint density at radius 2 is 1.50 bits per heavy atom. The Balaban J connectivity index is 3.65. The van der Waals surface area contributed by atoms with E-state index in [1.165, 1.54) is 0 Å². The van der Waals surface area contributed by atoms with Crippen molar-refractivity contribution in [3.05, 3.63) is 20.2 Å². The van der Waals surface area contributed by atoms with Gasteiger partial charge in [0, 0.05) is 0 Å². The van der Waals surface area contributed by atoms with Gasteiger partial charge < -0.3 is 0 Å². The summed E-state index contributed by atoms with van der Waals surface area (Å²) in [5.74, 6) is 0. The molecule has 8 nitrogen and oxygen atoms in total. The quantitative estimate of drug-likeness (QED) is 0.349. The second-order valence-electron chi connectivity index (χ2n) is 1.22. The van der Waals surface area contributed by atoms with Crippen LogP contribution in [0.4, 0.5) is 0 Å². The zero-order chi connectivity index (χ0) is 8.15. The molecule has 0 amide bonds. The van der Waals surface area contributed by atoms with Crippen molar-refractivity contribution in [1.82, 2.24) is 6.47 Å². The molecule has 56 valence electrons. The monoisotopic (exact) mass is 344 g/mol. The molecule has 0 aliphatic carbocycles. The summed E-state index contributed by atoms with van der Waals surface area (Å²) in [6.07, 6.45) is 0. The van der Waals surface area contributed by atoms with Crippen LogP contribution >= 0.6 is 0 Å². The standard InChI is InChI=1S/CH2.2HN2O2.Pb/c;2*1-2(3)4;/h1H2;2*1H;/q;2*-1;+2. The predicted molar refractivity (Wildman–Crippen MR) is 33.1 cm³/mol. The SMILES string of the molecule is [CH2]=[Pb]([NH][N+](=O)[O-])[NH][N+](=O)[O-]. The van der Waals surface area contributed by atoms with E-state index in [2.05, 4.69) is 4.06 Å². The first-order chi connectivity index (χ1) is 4.52. The van der Waals surface area contributed by atoms with Crippen LogP contribution in [0, 0.1) is 20.2 Å². The van der Waals surface area contributed by atoms with Gasteiger partial charge in [0.05, 0.1) is 0 Å². The van der Waals surface area contributed by atoms with Gasteiger partial charge in [-0.2, -0.15) is 0 Å². The van der Waals surface area contributed by atoms with E-state index in [0.717, 1.165) is 0 Å². The summed E-state index contributed by atoms with van der Waals surface area (Å²) in [4.78, 5) is 19.3. The van der Waals surface area contributed by atoms with E-state index in [4.69, 9.17) is 0 Å². The third kappa shape index (κ3) is 5.33. The van der Waals surface area contributed by atoms with Gasteiger partial charge in [0.15, 0.2) is 0 Å². The van der Waals surface area contributed by atoms with Gasteiger partial charge in [0.2, 0.25) is 0 Å². The average Bonchev–Trinajstić information content (AvgIpc) is 1.58. The molecule has 0 rings (SSSR count). The number of nitro groups is 2. The Bertz CT molecular complexity index is 160. The molecule has 0 heterocycles. The molecule has 0 unspecified atom stereocenters. The number of nitrogens with one attached hydrogen (secondary N) is 2. The average molecular weight is 343 g/mol. The minimum atomic E-state index is -3.12. The van der Waals surface area contributed by atoms with Crippen molar-refractivity contribution in [3.63, 3.8) is 0 Å². The summed E-state index contributed by atoms with van der Waals surface area (Å²) >= 11 is -3.12. The third-order valence-electron chi connectivity index (χ3n) is 0.452. The fraction of sp³-hybridized carbons (Fsp3) is 0.